The van der Waals surface area contributed by atoms with Gasteiger partial charge < -0.3 is 15.0 Å². The topological polar surface area (TPSA) is 36.9 Å². The Morgan fingerprint density at radius 1 is 1.29 bits per heavy atom. The van der Waals surface area contributed by atoms with Crippen molar-refractivity contribution in [2.75, 3.05) is 33.4 Å². The molecule has 1 N–H and O–H groups in total. The van der Waals surface area contributed by atoms with Crippen molar-refractivity contribution in [3.05, 3.63) is 47.0 Å². The number of hydrogen-bond acceptors (Lipinski definition) is 2. The van der Waals surface area contributed by atoms with Gasteiger partial charge in [-0.3, -0.25) is 4.99 Å². The van der Waals surface area contributed by atoms with E-state index in [1.807, 2.05) is 0 Å². The van der Waals surface area contributed by atoms with Crippen LogP contribution in [0.2, 0.25) is 0 Å². The maximum absolute atomic E-state index is 5.35. The average molecular weight is 443 g/mol. The number of benzene rings is 1. The second-order valence-corrected chi connectivity index (χ2v) is 6.01. The molecule has 2 rings (SSSR count). The lowest BCUT2D eigenvalue weighted by molar-refractivity contribution is 0.153. The van der Waals surface area contributed by atoms with E-state index in [-0.39, 0.29) is 24.0 Å². The molecule has 1 aromatic rings. The third-order valence-electron chi connectivity index (χ3n) is 3.99. The van der Waals surface area contributed by atoms with E-state index in [1.165, 1.54) is 16.7 Å². The first kappa shape index (κ1) is 21.0. The first-order valence-electron chi connectivity index (χ1n) is 8.49. The molecule has 1 aliphatic heterocycles. The second kappa shape index (κ2) is 11.5. The fraction of sp³-hybridized carbons (Fsp3) is 0.526. The molecule has 1 aromatic carbocycles. The minimum absolute atomic E-state index is 0. The summed E-state index contributed by atoms with van der Waals surface area (Å²) in [7, 11) is 2.09. The van der Waals surface area contributed by atoms with E-state index in [1.54, 1.807) is 0 Å². The van der Waals surface area contributed by atoms with Crippen LogP contribution >= 0.6 is 24.0 Å². The van der Waals surface area contributed by atoms with Crippen LogP contribution in [0.4, 0.5) is 0 Å². The third kappa shape index (κ3) is 7.21. The number of guanidine groups is 1. The summed E-state index contributed by atoms with van der Waals surface area (Å²) in [5.41, 5.74) is 4.06. The van der Waals surface area contributed by atoms with Crippen LogP contribution in [0.3, 0.4) is 0 Å². The molecule has 0 aliphatic carbocycles. The lowest BCUT2D eigenvalue weighted by Crippen LogP contribution is -2.38. The molecule has 0 aromatic heterocycles. The Bertz CT molecular complexity index is 540. The number of hydrogen-bond donors (Lipinski definition) is 1. The molecule has 0 radical (unpaired) electrons. The van der Waals surface area contributed by atoms with Gasteiger partial charge in [-0.05, 0) is 32.3 Å². The zero-order chi connectivity index (χ0) is 16.5. The fourth-order valence-electron chi connectivity index (χ4n) is 2.61. The van der Waals surface area contributed by atoms with Crippen LogP contribution in [0.25, 0.3) is 0 Å². The van der Waals surface area contributed by atoms with Crippen LogP contribution in [-0.2, 0) is 11.3 Å². The number of aryl methyl sites for hydroxylation is 1. The number of nitrogens with zero attached hydrogens (tertiary/aromatic N) is 2. The highest BCUT2D eigenvalue weighted by Gasteiger charge is 2.07. The van der Waals surface area contributed by atoms with Gasteiger partial charge in [0.25, 0.3) is 0 Å². The Morgan fingerprint density at radius 2 is 2.04 bits per heavy atom. The first-order valence-corrected chi connectivity index (χ1v) is 8.49. The van der Waals surface area contributed by atoms with E-state index in [4.69, 9.17) is 9.73 Å². The summed E-state index contributed by atoms with van der Waals surface area (Å²) < 4.78 is 5.35. The number of ether oxygens (including phenoxy) is 1. The molecule has 0 saturated carbocycles. The highest BCUT2D eigenvalue weighted by Crippen LogP contribution is 2.12. The van der Waals surface area contributed by atoms with Crippen molar-refractivity contribution in [3.63, 3.8) is 0 Å². The molecule has 134 valence electrons. The van der Waals surface area contributed by atoms with Crippen molar-refractivity contribution in [1.29, 1.82) is 0 Å². The SMILES string of the molecule is CCNC(=NCCC1=CCOCC1)N(C)Cc1ccc(C)cc1.I. The van der Waals surface area contributed by atoms with Crippen LogP contribution in [0.15, 0.2) is 40.9 Å². The monoisotopic (exact) mass is 443 g/mol. The predicted octanol–water partition coefficient (Wildman–Crippen LogP) is 3.75. The molecular weight excluding hydrogens is 413 g/mol. The molecule has 1 aliphatic rings. The number of nitrogens with one attached hydrogen (secondary N) is 1. The van der Waals surface area contributed by atoms with E-state index < -0.39 is 0 Å². The summed E-state index contributed by atoms with van der Waals surface area (Å²) in [5.74, 6) is 0.973. The maximum Gasteiger partial charge on any atom is 0.193 e. The summed E-state index contributed by atoms with van der Waals surface area (Å²) in [4.78, 5) is 6.96. The molecule has 0 bridgehead atoms. The Morgan fingerprint density at radius 3 is 2.67 bits per heavy atom. The smallest absolute Gasteiger partial charge is 0.193 e. The van der Waals surface area contributed by atoms with Crippen molar-refractivity contribution in [1.82, 2.24) is 10.2 Å². The summed E-state index contributed by atoms with van der Waals surface area (Å²) >= 11 is 0. The average Bonchev–Trinajstić information content (AvgIpc) is 2.57. The van der Waals surface area contributed by atoms with Crippen molar-refractivity contribution in [2.24, 2.45) is 4.99 Å². The molecule has 0 fully saturated rings. The minimum atomic E-state index is 0. The van der Waals surface area contributed by atoms with Crippen LogP contribution in [0, 0.1) is 6.92 Å². The molecule has 4 nitrogen and oxygen atoms in total. The van der Waals surface area contributed by atoms with E-state index in [0.29, 0.717) is 0 Å². The molecule has 0 amide bonds. The van der Waals surface area contributed by atoms with Crippen molar-refractivity contribution in [3.8, 4) is 0 Å². The maximum atomic E-state index is 5.35. The molecule has 0 saturated heterocycles. The molecule has 0 atom stereocenters. The zero-order valence-corrected chi connectivity index (χ0v) is 17.4. The molecule has 0 spiro atoms. The Labute approximate surface area is 163 Å². The number of rotatable bonds is 6. The minimum Gasteiger partial charge on any atom is -0.377 e. The lowest BCUT2D eigenvalue weighted by Gasteiger charge is -2.22. The third-order valence-corrected chi connectivity index (χ3v) is 3.99. The normalized spacial score (nSPS) is 14.6. The van der Waals surface area contributed by atoms with Gasteiger partial charge in [0.15, 0.2) is 5.96 Å². The highest BCUT2D eigenvalue weighted by atomic mass is 127. The van der Waals surface area contributed by atoms with Crippen LogP contribution in [-0.4, -0.2) is 44.2 Å². The predicted molar refractivity (Wildman–Crippen MR) is 112 cm³/mol. The zero-order valence-electron chi connectivity index (χ0n) is 15.0. The molecule has 0 unspecified atom stereocenters. The standard InChI is InChI=1S/C19H29N3O.HI/c1-4-20-19(21-12-9-17-10-13-23-14-11-17)22(3)15-18-7-5-16(2)6-8-18;/h5-8,10H,4,9,11-15H2,1-3H3,(H,20,21);1H. The van der Waals surface area contributed by atoms with Crippen molar-refractivity contribution in [2.45, 2.75) is 33.2 Å². The van der Waals surface area contributed by atoms with Crippen molar-refractivity contribution < 1.29 is 4.74 Å². The van der Waals surface area contributed by atoms with E-state index in [9.17, 15) is 0 Å². The first-order chi connectivity index (χ1) is 11.2. The molecule has 1 heterocycles. The van der Waals surface area contributed by atoms with Crippen molar-refractivity contribution >= 4 is 29.9 Å². The molecule has 5 heteroatoms. The van der Waals surface area contributed by atoms with Crippen LogP contribution in [0.1, 0.15) is 30.9 Å². The van der Waals surface area contributed by atoms with Gasteiger partial charge in [0, 0.05) is 26.7 Å². The highest BCUT2D eigenvalue weighted by molar-refractivity contribution is 14.0. The molecule has 24 heavy (non-hydrogen) atoms. The van der Waals surface area contributed by atoms with E-state index >= 15 is 0 Å². The summed E-state index contributed by atoms with van der Waals surface area (Å²) in [6, 6.07) is 8.68. The van der Waals surface area contributed by atoms with Gasteiger partial charge in [-0.1, -0.05) is 41.5 Å². The molecular formula is C19H30IN3O. The van der Waals surface area contributed by atoms with Gasteiger partial charge in [0.05, 0.1) is 13.2 Å². The van der Waals surface area contributed by atoms with Gasteiger partial charge in [0.1, 0.15) is 0 Å². The Kier molecular flexibility index (Phi) is 10.0. The Hall–Kier alpha value is -1.08. The van der Waals surface area contributed by atoms with Crippen LogP contribution < -0.4 is 5.32 Å². The van der Waals surface area contributed by atoms with Gasteiger partial charge in [-0.15, -0.1) is 24.0 Å². The van der Waals surface area contributed by atoms with Gasteiger partial charge in [-0.2, -0.15) is 0 Å². The lowest BCUT2D eigenvalue weighted by atomic mass is 10.1. The van der Waals surface area contributed by atoms with Gasteiger partial charge >= 0.3 is 0 Å². The van der Waals surface area contributed by atoms with E-state index in [2.05, 4.69) is 61.5 Å². The summed E-state index contributed by atoms with van der Waals surface area (Å²) in [5, 5.41) is 3.38. The quantitative estimate of drug-likeness (QED) is 0.315. The largest absolute Gasteiger partial charge is 0.377 e. The number of halogens is 1. The summed E-state index contributed by atoms with van der Waals surface area (Å²) in [6.45, 7) is 8.40. The Balaban J connectivity index is 0.00000288. The van der Waals surface area contributed by atoms with Gasteiger partial charge in [-0.25, -0.2) is 0 Å². The fourth-order valence-corrected chi connectivity index (χ4v) is 2.61. The van der Waals surface area contributed by atoms with Gasteiger partial charge in [0.2, 0.25) is 0 Å². The van der Waals surface area contributed by atoms with Crippen LogP contribution in [0.5, 0.6) is 0 Å². The number of aliphatic imine (C=N–C) groups is 1. The summed E-state index contributed by atoms with van der Waals surface area (Å²) in [6.07, 6.45) is 4.27. The second-order valence-electron chi connectivity index (χ2n) is 6.01. The van der Waals surface area contributed by atoms with E-state index in [0.717, 1.165) is 51.6 Å².